The van der Waals surface area contributed by atoms with Gasteiger partial charge < -0.3 is 20.4 Å². The van der Waals surface area contributed by atoms with E-state index in [0.29, 0.717) is 17.6 Å². The number of aromatic amines is 2. The minimum Gasteiger partial charge on any atom is -0.446 e. The quantitative estimate of drug-likeness (QED) is 0.548. The molecule has 0 spiro atoms. The summed E-state index contributed by atoms with van der Waals surface area (Å²) in [5.74, 6) is 1.64. The molecule has 4 N–H and O–H groups in total. The van der Waals surface area contributed by atoms with Crippen LogP contribution < -0.4 is 10.6 Å². The number of hydrogen-bond donors (Lipinski definition) is 4. The first-order valence-corrected chi connectivity index (χ1v) is 9.16. The summed E-state index contributed by atoms with van der Waals surface area (Å²) in [7, 11) is 0. The fourth-order valence-electron chi connectivity index (χ4n) is 3.44. The van der Waals surface area contributed by atoms with Crippen molar-refractivity contribution in [3.05, 3.63) is 30.4 Å². The maximum absolute atomic E-state index is 11.8. The Morgan fingerprint density at radius 1 is 1.33 bits per heavy atom. The van der Waals surface area contributed by atoms with Crippen LogP contribution in [0, 0.1) is 0 Å². The molecule has 27 heavy (non-hydrogen) atoms. The molecule has 2 atom stereocenters. The molecule has 0 unspecified atom stereocenters. The summed E-state index contributed by atoms with van der Waals surface area (Å²) in [6.45, 7) is 3.83. The fraction of sp³-hybridized carbons (Fsp3) is 0.444. The Hall–Kier alpha value is -3.10. The molecule has 3 aromatic heterocycles. The first-order chi connectivity index (χ1) is 13.1. The van der Waals surface area contributed by atoms with Gasteiger partial charge in [-0.15, -0.1) is 0 Å². The molecule has 4 rings (SSSR count). The fourth-order valence-corrected chi connectivity index (χ4v) is 3.44. The summed E-state index contributed by atoms with van der Waals surface area (Å²) < 4.78 is 5.49. The Labute approximate surface area is 156 Å². The number of H-pyrrole nitrogens is 2. The van der Waals surface area contributed by atoms with Gasteiger partial charge in [-0.05, 0) is 39.2 Å². The smallest absolute Gasteiger partial charge is 0.407 e. The number of amides is 1. The molecule has 9 nitrogen and oxygen atoms in total. The lowest BCUT2D eigenvalue weighted by Gasteiger charge is -2.14. The molecule has 1 aliphatic rings. The van der Waals surface area contributed by atoms with Gasteiger partial charge in [-0.25, -0.2) is 14.8 Å². The van der Waals surface area contributed by atoms with E-state index in [0.717, 1.165) is 36.0 Å². The van der Waals surface area contributed by atoms with E-state index in [1.165, 1.54) is 0 Å². The van der Waals surface area contributed by atoms with Gasteiger partial charge in [0.15, 0.2) is 11.6 Å². The first kappa shape index (κ1) is 17.3. The highest BCUT2D eigenvalue weighted by Crippen LogP contribution is 2.36. The lowest BCUT2D eigenvalue weighted by atomic mass is 10.0. The summed E-state index contributed by atoms with van der Waals surface area (Å²) in [5, 5.41) is 13.4. The summed E-state index contributed by atoms with van der Waals surface area (Å²) in [4.78, 5) is 23.4. The molecule has 0 saturated heterocycles. The van der Waals surface area contributed by atoms with Crippen molar-refractivity contribution in [1.82, 2.24) is 30.5 Å². The number of hydrogen-bond acceptors (Lipinski definition) is 6. The van der Waals surface area contributed by atoms with Crippen LogP contribution in [0.1, 0.15) is 44.7 Å². The zero-order valence-corrected chi connectivity index (χ0v) is 15.3. The van der Waals surface area contributed by atoms with Gasteiger partial charge in [0.2, 0.25) is 0 Å². The van der Waals surface area contributed by atoms with Crippen LogP contribution >= 0.6 is 0 Å². The van der Waals surface area contributed by atoms with E-state index in [-0.39, 0.29) is 18.2 Å². The van der Waals surface area contributed by atoms with Crippen LogP contribution in [0.5, 0.6) is 0 Å². The van der Waals surface area contributed by atoms with Gasteiger partial charge in [-0.3, -0.25) is 5.10 Å². The number of pyridine rings is 1. The Morgan fingerprint density at radius 2 is 2.22 bits per heavy atom. The predicted octanol–water partition coefficient (Wildman–Crippen LogP) is 3.20. The van der Waals surface area contributed by atoms with Crippen molar-refractivity contribution in [3.63, 3.8) is 0 Å². The molecule has 142 valence electrons. The largest absolute Gasteiger partial charge is 0.446 e. The molecule has 0 radical (unpaired) electrons. The third-order valence-corrected chi connectivity index (χ3v) is 4.69. The lowest BCUT2D eigenvalue weighted by Crippen LogP contribution is -2.33. The molecule has 0 aliphatic heterocycles. The second-order valence-electron chi connectivity index (χ2n) is 7.13. The summed E-state index contributed by atoms with van der Waals surface area (Å²) in [6, 6.07) is 3.93. The number of aromatic nitrogens is 5. The van der Waals surface area contributed by atoms with E-state index in [1.807, 2.05) is 26.0 Å². The zero-order valence-electron chi connectivity index (χ0n) is 15.3. The molecule has 3 aromatic rings. The molecule has 1 aliphatic carbocycles. The molecule has 1 fully saturated rings. The SMILES string of the molecule is CC(C)NC(=O)O[C@@H]1CC[C@H](c2cc(Nc3nccc4[nH]cnc34)n[nH]2)C1. The van der Waals surface area contributed by atoms with E-state index in [1.54, 1.807) is 12.5 Å². The molecular formula is C18H23N7O2. The van der Waals surface area contributed by atoms with Crippen LogP contribution in [-0.2, 0) is 4.74 Å². The van der Waals surface area contributed by atoms with Crippen molar-refractivity contribution in [2.45, 2.75) is 51.2 Å². The molecular weight excluding hydrogens is 346 g/mol. The average molecular weight is 369 g/mol. The highest BCUT2D eigenvalue weighted by Gasteiger charge is 2.30. The summed E-state index contributed by atoms with van der Waals surface area (Å²) >= 11 is 0. The Kier molecular flexibility index (Phi) is 4.66. The number of anilines is 2. The van der Waals surface area contributed by atoms with Gasteiger partial charge in [0.05, 0.1) is 11.8 Å². The number of fused-ring (bicyclic) bond motifs is 1. The van der Waals surface area contributed by atoms with Gasteiger partial charge in [0, 0.05) is 29.9 Å². The van der Waals surface area contributed by atoms with E-state index >= 15 is 0 Å². The Balaban J connectivity index is 1.38. The first-order valence-electron chi connectivity index (χ1n) is 9.16. The van der Waals surface area contributed by atoms with Crippen molar-refractivity contribution in [1.29, 1.82) is 0 Å². The van der Waals surface area contributed by atoms with Crippen molar-refractivity contribution < 1.29 is 9.53 Å². The van der Waals surface area contributed by atoms with Gasteiger partial charge in [0.25, 0.3) is 0 Å². The second kappa shape index (κ2) is 7.26. The monoisotopic (exact) mass is 369 g/mol. The van der Waals surface area contributed by atoms with Crippen molar-refractivity contribution >= 4 is 28.8 Å². The van der Waals surface area contributed by atoms with Crippen molar-refractivity contribution in [3.8, 4) is 0 Å². The van der Waals surface area contributed by atoms with Crippen LogP contribution in [0.25, 0.3) is 11.0 Å². The Bertz CT molecular complexity index is 933. The molecule has 1 amide bonds. The number of rotatable bonds is 5. The number of alkyl carbamates (subject to hydrolysis) is 1. The highest BCUT2D eigenvalue weighted by molar-refractivity contribution is 5.86. The molecule has 1 saturated carbocycles. The third-order valence-electron chi connectivity index (χ3n) is 4.69. The van der Waals surface area contributed by atoms with Crippen LogP contribution in [0.4, 0.5) is 16.4 Å². The molecule has 3 heterocycles. The second-order valence-corrected chi connectivity index (χ2v) is 7.13. The number of nitrogens with one attached hydrogen (secondary N) is 4. The van der Waals surface area contributed by atoms with Gasteiger partial charge in [-0.1, -0.05) is 0 Å². The summed E-state index contributed by atoms with van der Waals surface area (Å²) in [6.07, 6.45) is 5.55. The van der Waals surface area contributed by atoms with Gasteiger partial charge in [0.1, 0.15) is 11.6 Å². The number of carbonyl (C=O) groups excluding carboxylic acids is 1. The number of carbonyl (C=O) groups is 1. The number of ether oxygens (including phenoxy) is 1. The van der Waals surface area contributed by atoms with Crippen LogP contribution in [-0.4, -0.2) is 43.4 Å². The van der Waals surface area contributed by atoms with Crippen LogP contribution in [0.3, 0.4) is 0 Å². The highest BCUT2D eigenvalue weighted by atomic mass is 16.6. The average Bonchev–Trinajstić information content (AvgIpc) is 3.33. The van der Waals surface area contributed by atoms with Crippen molar-refractivity contribution in [2.75, 3.05) is 5.32 Å². The minimum absolute atomic E-state index is 0.0621. The zero-order chi connectivity index (χ0) is 18.8. The van der Waals surface area contributed by atoms with E-state index in [2.05, 4.69) is 35.8 Å². The van der Waals surface area contributed by atoms with Gasteiger partial charge in [-0.2, -0.15) is 5.10 Å². The molecule has 0 aromatic carbocycles. The summed E-state index contributed by atoms with van der Waals surface area (Å²) in [5.41, 5.74) is 2.72. The molecule has 0 bridgehead atoms. The number of nitrogens with zero attached hydrogens (tertiary/aromatic N) is 3. The van der Waals surface area contributed by atoms with E-state index < -0.39 is 0 Å². The lowest BCUT2D eigenvalue weighted by molar-refractivity contribution is 0.0981. The normalized spacial score (nSPS) is 19.5. The molecule has 9 heteroatoms. The van der Waals surface area contributed by atoms with Crippen molar-refractivity contribution in [2.24, 2.45) is 0 Å². The maximum Gasteiger partial charge on any atom is 0.407 e. The third kappa shape index (κ3) is 3.86. The van der Waals surface area contributed by atoms with Gasteiger partial charge >= 0.3 is 6.09 Å². The van der Waals surface area contributed by atoms with E-state index in [4.69, 9.17) is 4.74 Å². The maximum atomic E-state index is 11.8. The Morgan fingerprint density at radius 3 is 3.07 bits per heavy atom. The topological polar surface area (TPSA) is 121 Å². The van der Waals surface area contributed by atoms with E-state index in [9.17, 15) is 4.79 Å². The minimum atomic E-state index is -0.346. The standard InChI is InChI=1S/C18H23N7O2/c1-10(2)22-18(26)27-12-4-3-11(7-12)14-8-15(25-24-14)23-17-16-13(5-6-19-17)20-9-21-16/h5-6,8-12H,3-4,7H2,1-2H3,(H,20,21)(H,22,26)(H2,19,23,24,25)/t11-,12+/m0/s1. The number of imidazole rings is 1. The predicted molar refractivity (Wildman–Crippen MR) is 101 cm³/mol. The van der Waals surface area contributed by atoms with Crippen LogP contribution in [0.15, 0.2) is 24.7 Å². The van der Waals surface area contributed by atoms with Crippen LogP contribution in [0.2, 0.25) is 0 Å².